The molecule has 0 radical (unpaired) electrons. The van der Waals surface area contributed by atoms with Crippen molar-refractivity contribution in [3.8, 4) is 0 Å². The summed E-state index contributed by atoms with van der Waals surface area (Å²) in [7, 11) is 0. The van der Waals surface area contributed by atoms with Crippen LogP contribution in [0.5, 0.6) is 0 Å². The van der Waals surface area contributed by atoms with Crippen LogP contribution >= 0.6 is 11.8 Å². The molecule has 2 nitrogen and oxygen atoms in total. The summed E-state index contributed by atoms with van der Waals surface area (Å²) in [5.74, 6) is 1.15. The number of hydrogen-bond donors (Lipinski definition) is 2. The van der Waals surface area contributed by atoms with E-state index in [1.54, 1.807) is 6.92 Å². The Hall–Kier alpha value is -0.510. The fourth-order valence-electron chi connectivity index (χ4n) is 1.53. The van der Waals surface area contributed by atoms with Crippen molar-refractivity contribution < 1.29 is 10.2 Å². The van der Waals surface area contributed by atoms with E-state index in [2.05, 4.69) is 31.2 Å². The van der Waals surface area contributed by atoms with Crippen LogP contribution in [0, 0.1) is 0 Å². The van der Waals surface area contributed by atoms with Gasteiger partial charge < -0.3 is 10.2 Å². The molecule has 2 atom stereocenters. The topological polar surface area (TPSA) is 40.5 Å². The van der Waals surface area contributed by atoms with Gasteiger partial charge in [-0.3, -0.25) is 0 Å². The fourth-order valence-corrected chi connectivity index (χ4v) is 2.30. The minimum atomic E-state index is -0.644. The molecule has 96 valence electrons. The van der Waals surface area contributed by atoms with E-state index in [4.69, 9.17) is 0 Å². The molecule has 3 heteroatoms. The molecule has 0 heterocycles. The van der Waals surface area contributed by atoms with E-state index in [0.29, 0.717) is 6.42 Å². The van der Waals surface area contributed by atoms with Crippen LogP contribution < -0.4 is 0 Å². The Morgan fingerprint density at radius 1 is 1.18 bits per heavy atom. The van der Waals surface area contributed by atoms with Gasteiger partial charge in [-0.05, 0) is 49.6 Å². The predicted octanol–water partition coefficient (Wildman–Crippen LogP) is 2.86. The number of thioether (sulfide) groups is 1. The molecule has 0 amide bonds. The lowest BCUT2D eigenvalue weighted by atomic mass is 10.0. The molecule has 0 saturated heterocycles. The molecular weight excluding hydrogens is 232 g/mol. The highest BCUT2D eigenvalue weighted by atomic mass is 32.2. The Bertz CT molecular complexity index is 309. The van der Waals surface area contributed by atoms with Crippen molar-refractivity contribution in [2.24, 2.45) is 0 Å². The Balaban J connectivity index is 2.40. The van der Waals surface area contributed by atoms with Crippen LogP contribution in [0.4, 0.5) is 0 Å². The molecule has 0 saturated carbocycles. The van der Waals surface area contributed by atoms with Gasteiger partial charge in [-0.25, -0.2) is 0 Å². The van der Waals surface area contributed by atoms with E-state index >= 15 is 0 Å². The number of rotatable bonds is 7. The number of aliphatic hydroxyl groups excluding tert-OH is 2. The minimum absolute atomic E-state index is 0.610. The number of aryl methyl sites for hydroxylation is 1. The SMILES string of the molecule is CCCSc1ccc(CCC(O)C(C)O)cc1. The summed E-state index contributed by atoms with van der Waals surface area (Å²) in [6.45, 7) is 3.80. The second-order valence-electron chi connectivity index (χ2n) is 4.34. The molecule has 2 N–H and O–H groups in total. The lowest BCUT2D eigenvalue weighted by Gasteiger charge is -2.13. The van der Waals surface area contributed by atoms with Crippen molar-refractivity contribution in [2.75, 3.05) is 5.75 Å². The molecule has 0 aliphatic rings. The normalized spacial score (nSPS) is 14.6. The molecule has 0 spiro atoms. The zero-order valence-corrected chi connectivity index (χ0v) is 11.4. The van der Waals surface area contributed by atoms with E-state index in [1.165, 1.54) is 16.9 Å². The average molecular weight is 254 g/mol. The summed E-state index contributed by atoms with van der Waals surface area (Å²) in [6.07, 6.45) is 1.34. The quantitative estimate of drug-likeness (QED) is 0.735. The number of hydrogen-bond acceptors (Lipinski definition) is 3. The largest absolute Gasteiger partial charge is 0.391 e. The highest BCUT2D eigenvalue weighted by Crippen LogP contribution is 2.19. The second-order valence-corrected chi connectivity index (χ2v) is 5.51. The molecule has 17 heavy (non-hydrogen) atoms. The van der Waals surface area contributed by atoms with Crippen molar-refractivity contribution in [1.29, 1.82) is 0 Å². The molecular formula is C14H22O2S. The van der Waals surface area contributed by atoms with Crippen LogP contribution in [-0.2, 0) is 6.42 Å². The molecule has 1 aromatic rings. The smallest absolute Gasteiger partial charge is 0.0799 e. The van der Waals surface area contributed by atoms with Crippen molar-refractivity contribution in [3.05, 3.63) is 29.8 Å². The highest BCUT2D eigenvalue weighted by Gasteiger charge is 2.10. The van der Waals surface area contributed by atoms with Crippen molar-refractivity contribution in [3.63, 3.8) is 0 Å². The van der Waals surface area contributed by atoms with Gasteiger partial charge in [-0.1, -0.05) is 19.1 Å². The molecule has 0 aliphatic heterocycles. The van der Waals surface area contributed by atoms with Crippen LogP contribution in [-0.4, -0.2) is 28.2 Å². The van der Waals surface area contributed by atoms with Crippen LogP contribution in [0.3, 0.4) is 0 Å². The van der Waals surface area contributed by atoms with Crippen molar-refractivity contribution in [1.82, 2.24) is 0 Å². The minimum Gasteiger partial charge on any atom is -0.391 e. The van der Waals surface area contributed by atoms with Crippen molar-refractivity contribution in [2.45, 2.75) is 50.2 Å². The first-order chi connectivity index (χ1) is 8.13. The Kier molecular flexibility index (Phi) is 6.63. The summed E-state index contributed by atoms with van der Waals surface area (Å²) in [6, 6.07) is 8.47. The summed E-state index contributed by atoms with van der Waals surface area (Å²) >= 11 is 1.87. The monoisotopic (exact) mass is 254 g/mol. The predicted molar refractivity (Wildman–Crippen MR) is 73.5 cm³/mol. The summed E-state index contributed by atoms with van der Waals surface area (Å²) in [5.41, 5.74) is 1.21. The fraction of sp³-hybridized carbons (Fsp3) is 0.571. The second kappa shape index (κ2) is 7.75. The first-order valence-corrected chi connectivity index (χ1v) is 7.20. The van der Waals surface area contributed by atoms with Gasteiger partial charge in [0.25, 0.3) is 0 Å². The van der Waals surface area contributed by atoms with Crippen LogP contribution in [0.2, 0.25) is 0 Å². The van der Waals surface area contributed by atoms with Gasteiger partial charge in [0.15, 0.2) is 0 Å². The zero-order chi connectivity index (χ0) is 12.7. The van der Waals surface area contributed by atoms with E-state index < -0.39 is 12.2 Å². The maximum atomic E-state index is 9.50. The standard InChI is InChI=1S/C14H22O2S/c1-3-10-17-13-7-4-12(5-8-13)6-9-14(16)11(2)15/h4-5,7-8,11,14-16H,3,6,9-10H2,1-2H3. The van der Waals surface area contributed by atoms with Gasteiger partial charge in [0.1, 0.15) is 0 Å². The molecule has 0 aliphatic carbocycles. The van der Waals surface area contributed by atoms with Crippen LogP contribution in [0.1, 0.15) is 32.3 Å². The van der Waals surface area contributed by atoms with Gasteiger partial charge in [-0.2, -0.15) is 0 Å². The molecule has 1 rings (SSSR count). The van der Waals surface area contributed by atoms with E-state index in [0.717, 1.165) is 12.2 Å². The summed E-state index contributed by atoms with van der Waals surface area (Å²) < 4.78 is 0. The highest BCUT2D eigenvalue weighted by molar-refractivity contribution is 7.99. The molecule has 0 aromatic heterocycles. The van der Waals surface area contributed by atoms with Gasteiger partial charge in [-0.15, -0.1) is 11.8 Å². The van der Waals surface area contributed by atoms with E-state index in [9.17, 15) is 10.2 Å². The number of aliphatic hydroxyl groups is 2. The summed E-state index contributed by atoms with van der Waals surface area (Å²) in [4.78, 5) is 1.30. The van der Waals surface area contributed by atoms with Gasteiger partial charge in [0.2, 0.25) is 0 Å². The van der Waals surface area contributed by atoms with E-state index in [1.807, 2.05) is 11.8 Å². The first-order valence-electron chi connectivity index (χ1n) is 6.21. The molecule has 2 unspecified atom stereocenters. The summed E-state index contributed by atoms with van der Waals surface area (Å²) in [5, 5.41) is 18.7. The van der Waals surface area contributed by atoms with E-state index in [-0.39, 0.29) is 0 Å². The lowest BCUT2D eigenvalue weighted by Crippen LogP contribution is -2.22. The third kappa shape index (κ3) is 5.57. The third-order valence-electron chi connectivity index (χ3n) is 2.68. The van der Waals surface area contributed by atoms with Crippen molar-refractivity contribution >= 4 is 11.8 Å². The average Bonchev–Trinajstić information content (AvgIpc) is 2.34. The molecule has 0 bridgehead atoms. The van der Waals surface area contributed by atoms with Gasteiger partial charge >= 0.3 is 0 Å². The maximum Gasteiger partial charge on any atom is 0.0799 e. The zero-order valence-electron chi connectivity index (χ0n) is 10.6. The van der Waals surface area contributed by atoms with Gasteiger partial charge in [0.05, 0.1) is 12.2 Å². The Labute approximate surface area is 108 Å². The number of benzene rings is 1. The van der Waals surface area contributed by atoms with Crippen LogP contribution in [0.25, 0.3) is 0 Å². The third-order valence-corrected chi connectivity index (χ3v) is 3.90. The molecule has 0 fully saturated rings. The van der Waals surface area contributed by atoms with Crippen LogP contribution in [0.15, 0.2) is 29.2 Å². The van der Waals surface area contributed by atoms with Gasteiger partial charge in [0, 0.05) is 4.90 Å². The Morgan fingerprint density at radius 3 is 2.35 bits per heavy atom. The lowest BCUT2D eigenvalue weighted by molar-refractivity contribution is 0.0265. The maximum absolute atomic E-state index is 9.50. The molecule has 1 aromatic carbocycles. The first kappa shape index (κ1) is 14.6. The Morgan fingerprint density at radius 2 is 1.82 bits per heavy atom.